The molecule has 0 spiro atoms. The van der Waals surface area contributed by atoms with Crippen molar-refractivity contribution in [3.8, 4) is 0 Å². The Bertz CT molecular complexity index is 428. The molecule has 0 bridgehead atoms. The number of ether oxygens (including phenoxy) is 1. The first-order valence-electron chi connectivity index (χ1n) is 4.83. The highest BCUT2D eigenvalue weighted by Gasteiger charge is 2.55. The molecule has 106 valence electrons. The molecule has 1 nitrogen and oxygen atoms in total. The van der Waals surface area contributed by atoms with Crippen LogP contribution in [0.3, 0.4) is 0 Å². The molecule has 0 saturated carbocycles. The van der Waals surface area contributed by atoms with Crippen LogP contribution in [0.25, 0.3) is 0 Å². The van der Waals surface area contributed by atoms with Crippen LogP contribution in [-0.4, -0.2) is 12.4 Å². The summed E-state index contributed by atoms with van der Waals surface area (Å²) in [6, 6.07) is 4.59. The molecule has 1 aromatic rings. The number of hydrogen-bond acceptors (Lipinski definition) is 1. The molecule has 0 radical (unpaired) electrons. The van der Waals surface area contributed by atoms with Gasteiger partial charge in [-0.2, -0.15) is 30.7 Å². The Morgan fingerprint density at radius 1 is 0.895 bits per heavy atom. The molecule has 0 heterocycles. The Kier molecular flexibility index (Phi) is 4.43. The predicted molar refractivity (Wildman–Crippen MR) is 51.5 cm³/mol. The molecule has 0 aliphatic rings. The lowest BCUT2D eigenvalue weighted by Crippen LogP contribution is -2.28. The number of halogens is 7. The third kappa shape index (κ3) is 4.46. The lowest BCUT2D eigenvalue weighted by molar-refractivity contribution is -0.179. The van der Waals surface area contributed by atoms with E-state index in [1.807, 2.05) is 0 Å². The average Bonchev–Trinajstić information content (AvgIpc) is 2.24. The van der Waals surface area contributed by atoms with E-state index in [1.165, 1.54) is 24.3 Å². The third-order valence-electron chi connectivity index (χ3n) is 1.97. The standard InChI is InChI=1S/C11H7F7O/c12-9(8(10(13,14)15)11(16,17)18)19-6-7-4-2-1-3-5-7/h1-5H,6H2. The van der Waals surface area contributed by atoms with Crippen molar-refractivity contribution in [2.45, 2.75) is 19.0 Å². The Balaban J connectivity index is 2.92. The van der Waals surface area contributed by atoms with Crippen LogP contribution in [0.2, 0.25) is 0 Å². The summed E-state index contributed by atoms with van der Waals surface area (Å²) in [6.07, 6.45) is -11.8. The third-order valence-corrected chi connectivity index (χ3v) is 1.97. The molecular weight excluding hydrogens is 281 g/mol. The molecule has 0 atom stereocenters. The summed E-state index contributed by atoms with van der Waals surface area (Å²) in [6.45, 7) is -0.734. The van der Waals surface area contributed by atoms with Crippen LogP contribution in [0.1, 0.15) is 5.56 Å². The summed E-state index contributed by atoms with van der Waals surface area (Å²) in [4.78, 5) is 0. The normalized spacial score (nSPS) is 12.2. The van der Waals surface area contributed by atoms with Gasteiger partial charge in [0.2, 0.25) is 5.57 Å². The molecule has 0 saturated heterocycles. The molecule has 1 aromatic carbocycles. The Morgan fingerprint density at radius 2 is 1.37 bits per heavy atom. The van der Waals surface area contributed by atoms with Gasteiger partial charge in [-0.15, -0.1) is 0 Å². The summed E-state index contributed by atoms with van der Waals surface area (Å²) < 4.78 is 89.4. The van der Waals surface area contributed by atoms with E-state index < -0.39 is 30.5 Å². The van der Waals surface area contributed by atoms with Crippen LogP contribution in [0.5, 0.6) is 0 Å². The van der Waals surface area contributed by atoms with Crippen LogP contribution < -0.4 is 0 Å². The smallest absolute Gasteiger partial charge is 0.427 e. The van der Waals surface area contributed by atoms with Crippen LogP contribution in [-0.2, 0) is 11.3 Å². The van der Waals surface area contributed by atoms with Gasteiger partial charge in [0.25, 0.3) is 6.01 Å². The lowest BCUT2D eigenvalue weighted by Gasteiger charge is -2.16. The Hall–Kier alpha value is -1.73. The summed E-state index contributed by atoms with van der Waals surface area (Å²) in [7, 11) is 0. The van der Waals surface area contributed by atoms with Gasteiger partial charge < -0.3 is 4.74 Å². The summed E-state index contributed by atoms with van der Waals surface area (Å²) in [5.41, 5.74) is -3.04. The SMILES string of the molecule is FC(OCc1ccccc1)=C(C(F)(F)F)C(F)(F)F. The largest absolute Gasteiger partial charge is 0.465 e. The molecule has 0 amide bonds. The minimum Gasteiger partial charge on any atom is -0.465 e. The van der Waals surface area contributed by atoms with Crippen molar-refractivity contribution in [2.24, 2.45) is 0 Å². The number of rotatable bonds is 3. The molecule has 0 aromatic heterocycles. The highest BCUT2D eigenvalue weighted by Crippen LogP contribution is 2.41. The molecule has 0 aliphatic heterocycles. The van der Waals surface area contributed by atoms with E-state index in [2.05, 4.69) is 4.74 Å². The highest BCUT2D eigenvalue weighted by atomic mass is 19.4. The van der Waals surface area contributed by atoms with Crippen molar-refractivity contribution in [3.63, 3.8) is 0 Å². The fourth-order valence-electron chi connectivity index (χ4n) is 1.18. The van der Waals surface area contributed by atoms with Crippen molar-refractivity contribution < 1.29 is 35.5 Å². The Labute approximate surface area is 103 Å². The van der Waals surface area contributed by atoms with Gasteiger partial charge >= 0.3 is 12.4 Å². The number of benzene rings is 1. The van der Waals surface area contributed by atoms with E-state index in [0.717, 1.165) is 0 Å². The molecule has 8 heteroatoms. The van der Waals surface area contributed by atoms with Gasteiger partial charge in [0, 0.05) is 0 Å². The zero-order chi connectivity index (χ0) is 14.7. The molecule has 19 heavy (non-hydrogen) atoms. The van der Waals surface area contributed by atoms with Gasteiger partial charge in [-0.05, 0) is 5.56 Å². The monoisotopic (exact) mass is 288 g/mol. The lowest BCUT2D eigenvalue weighted by atomic mass is 10.2. The Morgan fingerprint density at radius 3 is 1.79 bits per heavy atom. The van der Waals surface area contributed by atoms with Crippen molar-refractivity contribution in [2.75, 3.05) is 0 Å². The molecule has 1 rings (SSSR count). The van der Waals surface area contributed by atoms with Crippen LogP contribution in [0, 0.1) is 0 Å². The van der Waals surface area contributed by atoms with E-state index >= 15 is 0 Å². The van der Waals surface area contributed by atoms with Gasteiger partial charge in [-0.3, -0.25) is 0 Å². The van der Waals surface area contributed by atoms with E-state index in [0.29, 0.717) is 0 Å². The van der Waals surface area contributed by atoms with E-state index in [9.17, 15) is 30.7 Å². The number of hydrogen-bond donors (Lipinski definition) is 0. The molecule has 0 aliphatic carbocycles. The zero-order valence-electron chi connectivity index (χ0n) is 9.15. The molecule has 0 fully saturated rings. The first-order valence-corrected chi connectivity index (χ1v) is 4.83. The maximum atomic E-state index is 13.0. The summed E-state index contributed by atoms with van der Waals surface area (Å²) in [5.74, 6) is 0. The maximum Gasteiger partial charge on any atom is 0.427 e. The number of allylic oxidation sites excluding steroid dienone is 1. The second kappa shape index (κ2) is 5.50. The van der Waals surface area contributed by atoms with E-state index in [4.69, 9.17) is 0 Å². The van der Waals surface area contributed by atoms with Crippen molar-refractivity contribution in [1.29, 1.82) is 0 Å². The fraction of sp³-hybridized carbons (Fsp3) is 0.273. The van der Waals surface area contributed by atoms with Gasteiger partial charge in [0.15, 0.2) is 0 Å². The first kappa shape index (κ1) is 15.3. The first-order chi connectivity index (χ1) is 8.62. The summed E-state index contributed by atoms with van der Waals surface area (Å²) in [5, 5.41) is 0. The minimum atomic E-state index is -5.88. The van der Waals surface area contributed by atoms with Gasteiger partial charge in [-0.25, -0.2) is 0 Å². The van der Waals surface area contributed by atoms with Crippen molar-refractivity contribution in [1.82, 2.24) is 0 Å². The molecular formula is C11H7F7O. The quantitative estimate of drug-likeness (QED) is 0.587. The van der Waals surface area contributed by atoms with Gasteiger partial charge in [0.05, 0.1) is 0 Å². The van der Waals surface area contributed by atoms with Crippen LogP contribution in [0.4, 0.5) is 30.7 Å². The second-order valence-corrected chi connectivity index (χ2v) is 3.42. The van der Waals surface area contributed by atoms with Gasteiger partial charge in [0.1, 0.15) is 6.61 Å². The maximum absolute atomic E-state index is 13.0. The fourth-order valence-corrected chi connectivity index (χ4v) is 1.18. The van der Waals surface area contributed by atoms with Crippen molar-refractivity contribution in [3.05, 3.63) is 47.5 Å². The van der Waals surface area contributed by atoms with E-state index in [-0.39, 0.29) is 5.56 Å². The average molecular weight is 288 g/mol. The zero-order valence-corrected chi connectivity index (χ0v) is 9.15. The van der Waals surface area contributed by atoms with Crippen LogP contribution >= 0.6 is 0 Å². The van der Waals surface area contributed by atoms with E-state index in [1.54, 1.807) is 6.07 Å². The van der Waals surface area contributed by atoms with Crippen molar-refractivity contribution >= 4 is 0 Å². The highest BCUT2D eigenvalue weighted by molar-refractivity contribution is 5.18. The molecule has 0 unspecified atom stereocenters. The second-order valence-electron chi connectivity index (χ2n) is 3.42. The molecule has 0 N–H and O–H groups in total. The minimum absolute atomic E-state index is 0.237. The topological polar surface area (TPSA) is 9.23 Å². The predicted octanol–water partition coefficient (Wildman–Crippen LogP) is 4.51. The summed E-state index contributed by atoms with van der Waals surface area (Å²) >= 11 is 0. The number of alkyl halides is 6. The van der Waals surface area contributed by atoms with Gasteiger partial charge in [-0.1, -0.05) is 30.3 Å². The van der Waals surface area contributed by atoms with Crippen LogP contribution in [0.15, 0.2) is 41.9 Å².